The van der Waals surface area contributed by atoms with Crippen LogP contribution in [0.4, 0.5) is 5.69 Å². The SMILES string of the molecule is C=Cc1c(-c2c(C)cccc2C)cc2ccc3cc(C(C)(C)Nc4cccc5c4oc4ccccc45)ccc3c2c1C=C.CC. The van der Waals surface area contributed by atoms with Gasteiger partial charge in [0.2, 0.25) is 0 Å². The lowest BCUT2D eigenvalue weighted by Gasteiger charge is -2.29. The van der Waals surface area contributed by atoms with Crippen LogP contribution in [0.3, 0.4) is 0 Å². The van der Waals surface area contributed by atoms with E-state index in [1.165, 1.54) is 49.4 Å². The summed E-state index contributed by atoms with van der Waals surface area (Å²) >= 11 is 0. The number of nitrogens with one attached hydrogen (secondary N) is 1. The van der Waals surface area contributed by atoms with Crippen molar-refractivity contribution < 1.29 is 4.42 Å². The van der Waals surface area contributed by atoms with E-state index >= 15 is 0 Å². The summed E-state index contributed by atoms with van der Waals surface area (Å²) in [6.07, 6.45) is 3.97. The van der Waals surface area contributed by atoms with E-state index in [0.29, 0.717) is 0 Å². The number of aryl methyl sites for hydroxylation is 2. The van der Waals surface area contributed by atoms with Crippen LogP contribution in [0, 0.1) is 13.8 Å². The molecule has 0 aliphatic carbocycles. The smallest absolute Gasteiger partial charge is 0.158 e. The first-order chi connectivity index (χ1) is 21.8. The normalized spacial score (nSPS) is 11.5. The summed E-state index contributed by atoms with van der Waals surface area (Å²) in [7, 11) is 0. The Morgan fingerprint density at radius 2 is 1.33 bits per heavy atom. The third-order valence-electron chi connectivity index (χ3n) is 8.93. The number of benzene rings is 6. The van der Waals surface area contributed by atoms with Gasteiger partial charge in [0.1, 0.15) is 5.58 Å². The van der Waals surface area contributed by atoms with Crippen LogP contribution in [0.25, 0.3) is 66.8 Å². The number of fused-ring (bicyclic) bond motifs is 6. The van der Waals surface area contributed by atoms with Gasteiger partial charge in [-0.15, -0.1) is 0 Å². The van der Waals surface area contributed by atoms with E-state index < -0.39 is 0 Å². The summed E-state index contributed by atoms with van der Waals surface area (Å²) < 4.78 is 6.31. The Kier molecular flexibility index (Phi) is 7.85. The number of furan rings is 1. The average molecular weight is 588 g/mol. The number of anilines is 1. The zero-order chi connectivity index (χ0) is 31.9. The standard InChI is InChI=1S/C41H35NO.C2H6/c1-7-30-31(8-2)39-28(24-35(30)38-25(3)13-11-14-26(38)4)20-19-27-23-29(21-22-32(27)39)41(5,6)42-36-17-12-16-34-33-15-9-10-18-37(33)43-40(34)36;1-2/h7-24,42H,1-2H2,3-6H3;1-2H3. The fraction of sp³-hybridized carbons (Fsp3) is 0.163. The Hall–Kier alpha value is -5.08. The van der Waals surface area contributed by atoms with Gasteiger partial charge in [0.05, 0.1) is 11.2 Å². The Morgan fingerprint density at radius 1 is 0.667 bits per heavy atom. The Labute approximate surface area is 266 Å². The van der Waals surface area contributed by atoms with E-state index in [0.717, 1.165) is 38.8 Å². The number of rotatable bonds is 6. The predicted molar refractivity (Wildman–Crippen MR) is 198 cm³/mol. The molecule has 0 saturated carbocycles. The highest BCUT2D eigenvalue weighted by Gasteiger charge is 2.24. The van der Waals surface area contributed by atoms with Crippen molar-refractivity contribution in [2.75, 3.05) is 5.32 Å². The van der Waals surface area contributed by atoms with Crippen molar-refractivity contribution >= 4 is 61.3 Å². The fourth-order valence-corrected chi connectivity index (χ4v) is 6.80. The first-order valence-corrected chi connectivity index (χ1v) is 15.8. The van der Waals surface area contributed by atoms with E-state index in [9.17, 15) is 0 Å². The third-order valence-corrected chi connectivity index (χ3v) is 8.93. The topological polar surface area (TPSA) is 25.2 Å². The molecule has 1 heterocycles. The van der Waals surface area contributed by atoms with Crippen LogP contribution in [0.1, 0.15) is 55.5 Å². The predicted octanol–water partition coefficient (Wildman–Crippen LogP) is 12.8. The molecule has 6 aromatic carbocycles. The highest BCUT2D eigenvalue weighted by molar-refractivity contribution is 6.14. The molecular weight excluding hydrogens is 546 g/mol. The lowest BCUT2D eigenvalue weighted by Crippen LogP contribution is -2.27. The van der Waals surface area contributed by atoms with Crippen LogP contribution in [-0.2, 0) is 5.54 Å². The van der Waals surface area contributed by atoms with Crippen molar-refractivity contribution in [1.29, 1.82) is 0 Å². The maximum absolute atomic E-state index is 6.31. The van der Waals surface area contributed by atoms with E-state index in [1.54, 1.807) is 0 Å². The molecule has 1 N–H and O–H groups in total. The molecule has 2 heteroatoms. The average Bonchev–Trinajstić information content (AvgIpc) is 3.44. The second-order valence-corrected chi connectivity index (χ2v) is 12.1. The zero-order valence-corrected chi connectivity index (χ0v) is 27.2. The maximum Gasteiger partial charge on any atom is 0.158 e. The third kappa shape index (κ3) is 5.01. The summed E-state index contributed by atoms with van der Waals surface area (Å²) in [6, 6.07) is 34.6. The van der Waals surface area contributed by atoms with Gasteiger partial charge >= 0.3 is 0 Å². The molecule has 0 atom stereocenters. The van der Waals surface area contributed by atoms with Crippen LogP contribution in [0.15, 0.2) is 115 Å². The van der Waals surface area contributed by atoms with Crippen molar-refractivity contribution in [3.8, 4) is 11.1 Å². The fourth-order valence-electron chi connectivity index (χ4n) is 6.80. The monoisotopic (exact) mass is 587 g/mol. The van der Waals surface area contributed by atoms with E-state index in [-0.39, 0.29) is 5.54 Å². The summed E-state index contributed by atoms with van der Waals surface area (Å²) in [5.41, 5.74) is 10.9. The van der Waals surface area contributed by atoms with Crippen LogP contribution in [0.5, 0.6) is 0 Å². The minimum Gasteiger partial charge on any atom is -0.454 e. The van der Waals surface area contributed by atoms with Gasteiger partial charge in [-0.3, -0.25) is 0 Å². The molecule has 2 nitrogen and oxygen atoms in total. The van der Waals surface area contributed by atoms with E-state index in [2.05, 4.69) is 131 Å². The molecule has 0 aliphatic rings. The number of hydrogen-bond donors (Lipinski definition) is 1. The van der Waals surface area contributed by atoms with Gasteiger partial charge in [-0.05, 0) is 112 Å². The second kappa shape index (κ2) is 11.8. The van der Waals surface area contributed by atoms with Crippen LogP contribution in [0.2, 0.25) is 0 Å². The minimum atomic E-state index is -0.351. The summed E-state index contributed by atoms with van der Waals surface area (Å²) in [5, 5.41) is 10.9. The van der Waals surface area contributed by atoms with Crippen LogP contribution >= 0.6 is 0 Å². The van der Waals surface area contributed by atoms with Crippen molar-refractivity contribution in [3.05, 3.63) is 138 Å². The minimum absolute atomic E-state index is 0.351. The molecule has 224 valence electrons. The Bertz CT molecular complexity index is 2220. The lowest BCUT2D eigenvalue weighted by atomic mass is 9.84. The molecule has 7 rings (SSSR count). The Morgan fingerprint density at radius 3 is 2.07 bits per heavy atom. The molecule has 0 unspecified atom stereocenters. The largest absolute Gasteiger partial charge is 0.454 e. The van der Waals surface area contributed by atoms with Gasteiger partial charge < -0.3 is 9.73 Å². The molecule has 0 spiro atoms. The highest BCUT2D eigenvalue weighted by Crippen LogP contribution is 2.41. The molecular formula is C43H41NO. The van der Waals surface area contributed by atoms with Gasteiger partial charge in [-0.2, -0.15) is 0 Å². The van der Waals surface area contributed by atoms with Crippen molar-refractivity contribution in [3.63, 3.8) is 0 Å². The van der Waals surface area contributed by atoms with Crippen LogP contribution in [-0.4, -0.2) is 0 Å². The van der Waals surface area contributed by atoms with Crippen molar-refractivity contribution in [2.45, 2.75) is 47.1 Å². The molecule has 0 radical (unpaired) electrons. The van der Waals surface area contributed by atoms with Gasteiger partial charge in [0.25, 0.3) is 0 Å². The first kappa shape index (κ1) is 30.0. The molecule has 1 aromatic heterocycles. The highest BCUT2D eigenvalue weighted by atomic mass is 16.3. The molecule has 0 fully saturated rings. The van der Waals surface area contributed by atoms with Crippen molar-refractivity contribution in [2.24, 2.45) is 0 Å². The Balaban J connectivity index is 0.00000175. The molecule has 0 bridgehead atoms. The second-order valence-electron chi connectivity index (χ2n) is 12.1. The van der Waals surface area contributed by atoms with Crippen molar-refractivity contribution in [1.82, 2.24) is 0 Å². The molecule has 0 saturated heterocycles. The van der Waals surface area contributed by atoms with E-state index in [1.807, 2.05) is 38.1 Å². The molecule has 45 heavy (non-hydrogen) atoms. The molecule has 0 amide bonds. The summed E-state index contributed by atoms with van der Waals surface area (Å²) in [4.78, 5) is 0. The van der Waals surface area contributed by atoms with Crippen LogP contribution < -0.4 is 5.32 Å². The molecule has 7 aromatic rings. The van der Waals surface area contributed by atoms with Gasteiger partial charge in [-0.1, -0.05) is 112 Å². The lowest BCUT2D eigenvalue weighted by molar-refractivity contribution is 0.605. The summed E-state index contributed by atoms with van der Waals surface area (Å²) in [6.45, 7) is 21.3. The van der Waals surface area contributed by atoms with Gasteiger partial charge in [0, 0.05) is 10.8 Å². The number of para-hydroxylation sites is 2. The first-order valence-electron chi connectivity index (χ1n) is 15.8. The number of hydrogen-bond acceptors (Lipinski definition) is 2. The quantitative estimate of drug-likeness (QED) is 0.196. The van der Waals surface area contributed by atoms with Gasteiger partial charge in [0.15, 0.2) is 5.58 Å². The van der Waals surface area contributed by atoms with E-state index in [4.69, 9.17) is 4.42 Å². The van der Waals surface area contributed by atoms with Gasteiger partial charge in [-0.25, -0.2) is 0 Å². The maximum atomic E-state index is 6.31. The zero-order valence-electron chi connectivity index (χ0n) is 27.2. The molecule has 0 aliphatic heterocycles. The summed E-state index contributed by atoms with van der Waals surface area (Å²) in [5.74, 6) is 0.